The van der Waals surface area contributed by atoms with Gasteiger partial charge in [-0.1, -0.05) is 18.2 Å². The van der Waals surface area contributed by atoms with E-state index in [1.54, 1.807) is 0 Å². The van der Waals surface area contributed by atoms with Gasteiger partial charge in [0, 0.05) is 41.9 Å². The monoisotopic (exact) mass is 650 g/mol. The van der Waals surface area contributed by atoms with E-state index in [0.717, 1.165) is 91.1 Å². The van der Waals surface area contributed by atoms with Gasteiger partial charge in [-0.2, -0.15) is 5.10 Å². The van der Waals surface area contributed by atoms with Crippen LogP contribution in [-0.2, 0) is 29.2 Å². The molecular weight excluding hydrogens is 604 g/mol. The summed E-state index contributed by atoms with van der Waals surface area (Å²) in [7, 11) is 0. The highest BCUT2D eigenvalue weighted by molar-refractivity contribution is 5.94. The van der Waals surface area contributed by atoms with E-state index in [9.17, 15) is 4.79 Å². The first-order valence-corrected chi connectivity index (χ1v) is 17.2. The number of hydrogen-bond donors (Lipinski definition) is 0. The highest BCUT2D eigenvalue weighted by Gasteiger charge is 2.27. The molecule has 0 amide bonds. The molecule has 0 spiro atoms. The summed E-state index contributed by atoms with van der Waals surface area (Å²) >= 11 is 0. The summed E-state index contributed by atoms with van der Waals surface area (Å²) < 4.78 is 21.8. The first-order valence-electron chi connectivity index (χ1n) is 17.2. The standard InChI is InChI=1S/C38H46N6O4/c1-25(2)44-21-29-10-9-26(19-33(29)41-44)24-47-36-8-6-7-31(40-36)27-13-16-42(17-14-27)23-35-39-32-12-11-28(37(45)48-38(3,4)5)20-34(32)43(35)22-30-15-18-46-30/h6-12,19-21,25,27,30H,13-18,22-24H2,1-5H3. The maximum atomic E-state index is 12.9. The maximum absolute atomic E-state index is 12.9. The van der Waals surface area contributed by atoms with Gasteiger partial charge in [-0.3, -0.25) is 9.58 Å². The number of nitrogens with zero attached hydrogens (tertiary/aromatic N) is 6. The smallest absolute Gasteiger partial charge is 0.338 e. The lowest BCUT2D eigenvalue weighted by atomic mass is 9.93. The summed E-state index contributed by atoms with van der Waals surface area (Å²) in [6.45, 7) is 14.5. The zero-order valence-corrected chi connectivity index (χ0v) is 28.7. The third kappa shape index (κ3) is 7.24. The molecule has 10 heteroatoms. The number of ether oxygens (including phenoxy) is 3. The number of piperidine rings is 1. The number of esters is 1. The number of carbonyl (C=O) groups is 1. The van der Waals surface area contributed by atoms with Crippen molar-refractivity contribution < 1.29 is 19.0 Å². The van der Waals surface area contributed by atoms with Gasteiger partial charge in [0.1, 0.15) is 18.0 Å². The van der Waals surface area contributed by atoms with Gasteiger partial charge in [0.25, 0.3) is 0 Å². The molecule has 252 valence electrons. The van der Waals surface area contributed by atoms with Gasteiger partial charge in [-0.15, -0.1) is 0 Å². The van der Waals surface area contributed by atoms with E-state index in [2.05, 4.69) is 53.8 Å². The number of benzene rings is 2. The minimum atomic E-state index is -0.554. The molecule has 2 fully saturated rings. The summed E-state index contributed by atoms with van der Waals surface area (Å²) in [4.78, 5) is 25.3. The van der Waals surface area contributed by atoms with Crippen LogP contribution in [0.1, 0.15) is 93.3 Å². The number of aromatic nitrogens is 5. The normalized spacial score (nSPS) is 17.7. The molecule has 48 heavy (non-hydrogen) atoms. The van der Waals surface area contributed by atoms with E-state index in [-0.39, 0.29) is 12.1 Å². The Labute approximate surface area is 282 Å². The van der Waals surface area contributed by atoms with Crippen LogP contribution < -0.4 is 4.74 Å². The molecule has 2 saturated heterocycles. The van der Waals surface area contributed by atoms with Crippen molar-refractivity contribution in [1.82, 2.24) is 29.2 Å². The molecule has 2 aromatic carbocycles. The van der Waals surface area contributed by atoms with Gasteiger partial charge < -0.3 is 18.8 Å². The SMILES string of the molecule is CC(C)n1cc2ccc(COc3cccc(C4CCN(Cc5nc6ccc(C(=O)OC(C)(C)C)cc6n5CC5CCO5)CC4)n3)cc2n1. The molecule has 2 aliphatic rings. The first kappa shape index (κ1) is 32.3. The zero-order valence-electron chi connectivity index (χ0n) is 28.7. The van der Waals surface area contributed by atoms with Gasteiger partial charge in [0.2, 0.25) is 5.88 Å². The van der Waals surface area contributed by atoms with Gasteiger partial charge >= 0.3 is 5.97 Å². The number of likely N-dealkylation sites (tertiary alicyclic amines) is 1. The second kappa shape index (κ2) is 13.3. The van der Waals surface area contributed by atoms with Crippen LogP contribution in [0.4, 0.5) is 0 Å². The molecular formula is C38H46N6O4. The maximum Gasteiger partial charge on any atom is 0.338 e. The Morgan fingerprint density at radius 1 is 1.00 bits per heavy atom. The molecule has 1 unspecified atom stereocenters. The molecule has 0 saturated carbocycles. The molecule has 2 aliphatic heterocycles. The number of pyridine rings is 1. The average molecular weight is 651 g/mol. The van der Waals surface area contributed by atoms with Crippen molar-refractivity contribution in [2.45, 2.75) is 97.2 Å². The summed E-state index contributed by atoms with van der Waals surface area (Å²) in [5.74, 6) is 1.71. The van der Waals surface area contributed by atoms with E-state index in [1.807, 2.05) is 55.8 Å². The molecule has 7 rings (SSSR count). The zero-order chi connectivity index (χ0) is 33.4. The minimum Gasteiger partial charge on any atom is -0.473 e. The molecule has 10 nitrogen and oxygen atoms in total. The summed E-state index contributed by atoms with van der Waals surface area (Å²) in [5.41, 5.74) is 4.97. The van der Waals surface area contributed by atoms with Crippen molar-refractivity contribution in [3.05, 3.63) is 83.4 Å². The molecule has 5 heterocycles. The van der Waals surface area contributed by atoms with Gasteiger partial charge in [0.05, 0.1) is 41.3 Å². The van der Waals surface area contributed by atoms with Crippen molar-refractivity contribution >= 4 is 27.9 Å². The predicted molar refractivity (Wildman–Crippen MR) is 185 cm³/mol. The Morgan fingerprint density at radius 3 is 2.54 bits per heavy atom. The highest BCUT2D eigenvalue weighted by atomic mass is 16.6. The van der Waals surface area contributed by atoms with Gasteiger partial charge in [-0.25, -0.2) is 14.8 Å². The van der Waals surface area contributed by atoms with Crippen molar-refractivity contribution in [3.8, 4) is 5.88 Å². The Balaban J connectivity index is 0.994. The number of rotatable bonds is 10. The highest BCUT2D eigenvalue weighted by Crippen LogP contribution is 2.30. The van der Waals surface area contributed by atoms with Gasteiger partial charge in [0.15, 0.2) is 0 Å². The third-order valence-corrected chi connectivity index (χ3v) is 9.26. The van der Waals surface area contributed by atoms with Crippen LogP contribution in [0.5, 0.6) is 5.88 Å². The average Bonchev–Trinajstić information content (AvgIpc) is 3.62. The van der Waals surface area contributed by atoms with E-state index < -0.39 is 5.60 Å². The molecule has 3 aromatic heterocycles. The van der Waals surface area contributed by atoms with Crippen molar-refractivity contribution in [1.29, 1.82) is 0 Å². The van der Waals surface area contributed by atoms with Gasteiger partial charge in [-0.05, 0) is 103 Å². The fourth-order valence-electron chi connectivity index (χ4n) is 6.51. The molecule has 0 aliphatic carbocycles. The van der Waals surface area contributed by atoms with Crippen LogP contribution in [0.2, 0.25) is 0 Å². The van der Waals surface area contributed by atoms with Crippen LogP contribution >= 0.6 is 0 Å². The minimum absolute atomic E-state index is 0.170. The largest absolute Gasteiger partial charge is 0.473 e. The summed E-state index contributed by atoms with van der Waals surface area (Å²) in [6, 6.07) is 18.4. The number of hydrogen-bond acceptors (Lipinski definition) is 8. The topological polar surface area (TPSA) is 96.5 Å². The second-order valence-electron chi connectivity index (χ2n) is 14.5. The number of carbonyl (C=O) groups excluding carboxylic acids is 1. The van der Waals surface area contributed by atoms with Crippen LogP contribution in [0, 0.1) is 0 Å². The molecule has 5 aromatic rings. The van der Waals surface area contributed by atoms with Crippen LogP contribution in [0.15, 0.2) is 60.8 Å². The van der Waals surface area contributed by atoms with Crippen molar-refractivity contribution in [3.63, 3.8) is 0 Å². The molecule has 0 N–H and O–H groups in total. The van der Waals surface area contributed by atoms with E-state index >= 15 is 0 Å². The Hall–Kier alpha value is -4.28. The number of imidazole rings is 1. The Bertz CT molecular complexity index is 1910. The Kier molecular flexibility index (Phi) is 8.96. The third-order valence-electron chi connectivity index (χ3n) is 9.26. The summed E-state index contributed by atoms with van der Waals surface area (Å²) in [6.07, 6.45) is 5.32. The number of fused-ring (bicyclic) bond motifs is 2. The second-order valence-corrected chi connectivity index (χ2v) is 14.5. The summed E-state index contributed by atoms with van der Waals surface area (Å²) in [5, 5.41) is 5.84. The Morgan fingerprint density at radius 2 is 1.81 bits per heavy atom. The van der Waals surface area contributed by atoms with E-state index in [0.29, 0.717) is 30.0 Å². The van der Waals surface area contributed by atoms with E-state index in [1.165, 1.54) is 0 Å². The van der Waals surface area contributed by atoms with Crippen molar-refractivity contribution in [2.75, 3.05) is 19.7 Å². The van der Waals surface area contributed by atoms with Crippen LogP contribution in [0.25, 0.3) is 21.9 Å². The quantitative estimate of drug-likeness (QED) is 0.148. The fourth-order valence-corrected chi connectivity index (χ4v) is 6.51. The molecule has 0 radical (unpaired) electrons. The first-order chi connectivity index (χ1) is 23.1. The van der Waals surface area contributed by atoms with Crippen molar-refractivity contribution in [2.24, 2.45) is 0 Å². The molecule has 0 bridgehead atoms. The molecule has 1 atom stereocenters. The lowest BCUT2D eigenvalue weighted by Gasteiger charge is -2.32. The fraction of sp³-hybridized carbons (Fsp3) is 0.474. The van der Waals surface area contributed by atoms with Crippen LogP contribution in [-0.4, -0.2) is 66.6 Å². The van der Waals surface area contributed by atoms with Crippen LogP contribution in [0.3, 0.4) is 0 Å². The lowest BCUT2D eigenvalue weighted by molar-refractivity contribution is -0.0592. The predicted octanol–water partition coefficient (Wildman–Crippen LogP) is 7.06. The lowest BCUT2D eigenvalue weighted by Crippen LogP contribution is -2.35. The van der Waals surface area contributed by atoms with E-state index in [4.69, 9.17) is 29.3 Å².